The summed E-state index contributed by atoms with van der Waals surface area (Å²) in [7, 11) is 0. The first-order valence-electron chi connectivity index (χ1n) is 7.86. The molecule has 3 aromatic rings. The van der Waals surface area contributed by atoms with Crippen LogP contribution >= 0.6 is 11.3 Å². The molecule has 0 aliphatic carbocycles. The maximum Gasteiger partial charge on any atom is 0.279 e. The molecule has 7 heteroatoms. The van der Waals surface area contributed by atoms with E-state index >= 15 is 0 Å². The van der Waals surface area contributed by atoms with Gasteiger partial charge >= 0.3 is 0 Å². The molecule has 124 valence electrons. The van der Waals surface area contributed by atoms with Crippen molar-refractivity contribution in [2.45, 2.75) is 32.8 Å². The largest absolute Gasteiger partial charge is 0.445 e. The summed E-state index contributed by atoms with van der Waals surface area (Å²) in [5, 5.41) is 3.39. The molecule has 0 unspecified atom stereocenters. The van der Waals surface area contributed by atoms with Gasteiger partial charge in [-0.05, 0) is 43.9 Å². The number of carbonyl (C=O) groups is 1. The number of nitrogens with one attached hydrogen (secondary N) is 1. The lowest BCUT2D eigenvalue weighted by molar-refractivity contribution is 0.0889. The van der Waals surface area contributed by atoms with E-state index in [-0.39, 0.29) is 17.7 Å². The van der Waals surface area contributed by atoms with Crippen LogP contribution in [0.5, 0.6) is 0 Å². The number of fused-ring (bicyclic) bond motifs is 1. The Hall–Kier alpha value is -2.25. The average molecular weight is 343 g/mol. The number of carbonyl (C=O) groups excluding carboxylic acids is 1. The summed E-state index contributed by atoms with van der Waals surface area (Å²) in [6.07, 6.45) is 2.91. The maximum absolute atomic E-state index is 12.6. The minimum Gasteiger partial charge on any atom is -0.445 e. The number of benzene rings is 1. The van der Waals surface area contributed by atoms with Crippen molar-refractivity contribution in [2.75, 3.05) is 11.9 Å². The maximum atomic E-state index is 12.6. The number of amides is 1. The van der Waals surface area contributed by atoms with E-state index in [0.29, 0.717) is 17.5 Å². The van der Waals surface area contributed by atoms with Gasteiger partial charge < -0.3 is 9.15 Å². The zero-order valence-corrected chi connectivity index (χ0v) is 14.3. The quantitative estimate of drug-likeness (QED) is 0.777. The molecular formula is C17H17N3O3S. The third kappa shape index (κ3) is 2.70. The minimum absolute atomic E-state index is 0.187. The molecule has 0 spiro atoms. The van der Waals surface area contributed by atoms with Gasteiger partial charge in [0.05, 0.1) is 10.2 Å². The Balaban J connectivity index is 1.61. The second kappa shape index (κ2) is 5.99. The summed E-state index contributed by atoms with van der Waals surface area (Å²) in [5.74, 6) is 0.181. The van der Waals surface area contributed by atoms with Gasteiger partial charge in [-0.25, -0.2) is 9.97 Å². The first-order chi connectivity index (χ1) is 11.6. The Labute approximate surface area is 142 Å². The van der Waals surface area contributed by atoms with E-state index < -0.39 is 0 Å². The normalized spacial score (nSPS) is 17.5. The van der Waals surface area contributed by atoms with E-state index in [1.807, 2.05) is 13.8 Å². The molecule has 1 atom stereocenters. The van der Waals surface area contributed by atoms with E-state index in [9.17, 15) is 4.79 Å². The summed E-state index contributed by atoms with van der Waals surface area (Å²) < 4.78 is 12.0. The van der Waals surface area contributed by atoms with Crippen LogP contribution in [0.4, 0.5) is 5.13 Å². The molecule has 2 aromatic heterocycles. The second-order valence-electron chi connectivity index (χ2n) is 5.97. The van der Waals surface area contributed by atoms with Crippen molar-refractivity contribution in [1.29, 1.82) is 0 Å². The zero-order valence-electron chi connectivity index (χ0n) is 13.5. The van der Waals surface area contributed by atoms with Gasteiger partial charge in [-0.3, -0.25) is 10.1 Å². The van der Waals surface area contributed by atoms with E-state index in [1.54, 1.807) is 0 Å². The van der Waals surface area contributed by atoms with E-state index in [1.165, 1.54) is 23.3 Å². The smallest absolute Gasteiger partial charge is 0.279 e. The molecule has 0 bridgehead atoms. The van der Waals surface area contributed by atoms with Crippen LogP contribution < -0.4 is 5.32 Å². The molecule has 4 rings (SSSR count). The Morgan fingerprint density at radius 2 is 2.25 bits per heavy atom. The lowest BCUT2D eigenvalue weighted by atomic mass is 10.1. The van der Waals surface area contributed by atoms with Crippen LogP contribution in [0.2, 0.25) is 0 Å². The number of anilines is 1. The molecule has 24 heavy (non-hydrogen) atoms. The van der Waals surface area contributed by atoms with Crippen molar-refractivity contribution >= 4 is 32.6 Å². The van der Waals surface area contributed by atoms with Gasteiger partial charge in [-0.1, -0.05) is 17.4 Å². The molecule has 1 fully saturated rings. The van der Waals surface area contributed by atoms with Crippen LogP contribution in [0.25, 0.3) is 10.2 Å². The van der Waals surface area contributed by atoms with Gasteiger partial charge in [0, 0.05) is 6.61 Å². The van der Waals surface area contributed by atoms with Crippen molar-refractivity contribution in [3.63, 3.8) is 0 Å². The van der Waals surface area contributed by atoms with Gasteiger partial charge in [0.25, 0.3) is 5.91 Å². The van der Waals surface area contributed by atoms with Crippen LogP contribution in [0.15, 0.2) is 22.9 Å². The third-order valence-corrected chi connectivity index (χ3v) is 5.00. The fourth-order valence-electron chi connectivity index (χ4n) is 3.02. The van der Waals surface area contributed by atoms with E-state index in [0.717, 1.165) is 28.6 Å². The number of hydrogen-bond donors (Lipinski definition) is 1. The Kier molecular flexibility index (Phi) is 3.82. The average Bonchev–Trinajstić information content (AvgIpc) is 3.26. The van der Waals surface area contributed by atoms with Crippen LogP contribution in [0.3, 0.4) is 0 Å². The highest BCUT2D eigenvalue weighted by Gasteiger charge is 2.28. The molecule has 6 nitrogen and oxygen atoms in total. The van der Waals surface area contributed by atoms with Crippen molar-refractivity contribution in [3.05, 3.63) is 41.1 Å². The number of rotatable bonds is 3. The SMILES string of the molecule is Cc1cc(C)c2nc(NC(=O)c3ncoc3[C@H]3CCCO3)sc2c1. The number of aromatic nitrogens is 2. The number of aryl methyl sites for hydroxylation is 2. The summed E-state index contributed by atoms with van der Waals surface area (Å²) in [6, 6.07) is 4.16. The standard InChI is InChI=1S/C17H17N3O3S/c1-9-6-10(2)13-12(7-9)24-17(19-13)20-16(21)14-15(23-8-18-14)11-4-3-5-22-11/h6-8,11H,3-5H2,1-2H3,(H,19,20,21)/t11-/m1/s1. The first kappa shape index (κ1) is 15.3. The van der Waals surface area contributed by atoms with E-state index in [2.05, 4.69) is 27.4 Å². The molecule has 3 heterocycles. The summed E-state index contributed by atoms with van der Waals surface area (Å²) >= 11 is 1.46. The summed E-state index contributed by atoms with van der Waals surface area (Å²) in [5.41, 5.74) is 3.47. The minimum atomic E-state index is -0.317. The second-order valence-corrected chi connectivity index (χ2v) is 7.00. The Bertz CT molecular complexity index is 909. The fourth-order valence-corrected chi connectivity index (χ4v) is 4.06. The van der Waals surface area contributed by atoms with Crippen molar-refractivity contribution < 1.29 is 13.9 Å². The molecule has 1 amide bonds. The molecule has 1 aliphatic rings. The summed E-state index contributed by atoms with van der Waals surface area (Å²) in [6.45, 7) is 4.75. The molecule has 1 N–H and O–H groups in total. The van der Waals surface area contributed by atoms with Gasteiger partial charge in [0.1, 0.15) is 6.10 Å². The third-order valence-electron chi connectivity index (χ3n) is 4.08. The van der Waals surface area contributed by atoms with Crippen LogP contribution in [0.1, 0.15) is 46.3 Å². The molecule has 1 aromatic carbocycles. The van der Waals surface area contributed by atoms with Crippen molar-refractivity contribution in [1.82, 2.24) is 9.97 Å². The van der Waals surface area contributed by atoms with Gasteiger partial charge in [-0.15, -0.1) is 0 Å². The number of thiazole rings is 1. The van der Waals surface area contributed by atoms with E-state index in [4.69, 9.17) is 9.15 Å². The molecule has 1 saturated heterocycles. The monoisotopic (exact) mass is 343 g/mol. The highest BCUT2D eigenvalue weighted by Crippen LogP contribution is 2.32. The number of hydrogen-bond acceptors (Lipinski definition) is 6. The molecular weight excluding hydrogens is 326 g/mol. The van der Waals surface area contributed by atoms with Crippen LogP contribution in [-0.4, -0.2) is 22.5 Å². The first-order valence-corrected chi connectivity index (χ1v) is 8.67. The van der Waals surface area contributed by atoms with Gasteiger partial charge in [-0.2, -0.15) is 0 Å². The summed E-state index contributed by atoms with van der Waals surface area (Å²) in [4.78, 5) is 21.1. The Morgan fingerprint density at radius 3 is 3.04 bits per heavy atom. The number of oxazole rings is 1. The molecule has 0 radical (unpaired) electrons. The lowest BCUT2D eigenvalue weighted by Gasteiger charge is -2.07. The van der Waals surface area contributed by atoms with Crippen molar-refractivity contribution in [2.24, 2.45) is 0 Å². The number of ether oxygens (including phenoxy) is 1. The van der Waals surface area contributed by atoms with Crippen LogP contribution in [-0.2, 0) is 4.74 Å². The molecule has 0 saturated carbocycles. The Morgan fingerprint density at radius 1 is 1.38 bits per heavy atom. The van der Waals surface area contributed by atoms with Crippen LogP contribution in [0, 0.1) is 13.8 Å². The predicted octanol–water partition coefficient (Wildman–Crippen LogP) is 4.00. The zero-order chi connectivity index (χ0) is 16.7. The highest BCUT2D eigenvalue weighted by molar-refractivity contribution is 7.22. The van der Waals surface area contributed by atoms with Gasteiger partial charge in [0.15, 0.2) is 23.0 Å². The highest BCUT2D eigenvalue weighted by atomic mass is 32.1. The predicted molar refractivity (Wildman–Crippen MR) is 91.5 cm³/mol. The van der Waals surface area contributed by atoms with Gasteiger partial charge in [0.2, 0.25) is 0 Å². The molecule has 1 aliphatic heterocycles. The fraction of sp³-hybridized carbons (Fsp3) is 0.353. The lowest BCUT2D eigenvalue weighted by Crippen LogP contribution is -2.15. The van der Waals surface area contributed by atoms with Crippen molar-refractivity contribution in [3.8, 4) is 0 Å². The topological polar surface area (TPSA) is 77.3 Å². The number of nitrogens with zero attached hydrogens (tertiary/aromatic N) is 2.